The van der Waals surface area contributed by atoms with Gasteiger partial charge >= 0.3 is 0 Å². The molecule has 0 aliphatic heterocycles. The fraction of sp³-hybridized carbons (Fsp3) is 0.222. The highest BCUT2D eigenvalue weighted by atomic mass is 16.4. The second-order valence-corrected chi connectivity index (χ2v) is 2.34. The van der Waals surface area contributed by atoms with Crippen molar-refractivity contribution in [3.8, 4) is 0 Å². The zero-order valence-electron chi connectivity index (χ0n) is 6.49. The van der Waals surface area contributed by atoms with Gasteiger partial charge in [0.2, 0.25) is 0 Å². The normalized spacial score (nSPS) is 10.6. The number of aryl methyl sites for hydroxylation is 1. The molecule has 1 aromatic carbocycles. The molecule has 0 amide bonds. The van der Waals surface area contributed by atoms with E-state index in [4.69, 9.17) is 5.21 Å². The van der Waals surface area contributed by atoms with Crippen LogP contribution in [0.4, 0.5) is 0 Å². The zero-order chi connectivity index (χ0) is 8.10. The number of oxime groups is 1. The van der Waals surface area contributed by atoms with Gasteiger partial charge in [0, 0.05) is 0 Å². The highest BCUT2D eigenvalue weighted by Gasteiger charge is 1.89. The molecule has 1 rings (SSSR count). The smallest absolute Gasteiger partial charge is 0.0733 e. The summed E-state index contributed by atoms with van der Waals surface area (Å²) < 4.78 is 0. The van der Waals surface area contributed by atoms with E-state index in [9.17, 15) is 0 Å². The topological polar surface area (TPSA) is 32.6 Å². The van der Waals surface area contributed by atoms with E-state index in [2.05, 4.69) is 18.1 Å². The highest BCUT2D eigenvalue weighted by molar-refractivity contribution is 5.79. The second kappa shape index (κ2) is 3.76. The minimum atomic E-state index is 0.937. The molecule has 0 aliphatic rings. The van der Waals surface area contributed by atoms with Crippen LogP contribution < -0.4 is 0 Å². The van der Waals surface area contributed by atoms with Crippen LogP contribution in [0.15, 0.2) is 29.4 Å². The van der Waals surface area contributed by atoms with E-state index in [0.717, 1.165) is 12.0 Å². The average Bonchev–Trinajstić information content (AvgIpc) is 2.06. The largest absolute Gasteiger partial charge is 0.411 e. The Labute approximate surface area is 66.2 Å². The molecular weight excluding hydrogens is 138 g/mol. The van der Waals surface area contributed by atoms with Crippen LogP contribution in [-0.2, 0) is 6.42 Å². The Morgan fingerprint density at radius 2 is 2.36 bits per heavy atom. The SMILES string of the molecule is CCc1cccc(/C=N/O)c1. The molecule has 0 heterocycles. The number of benzene rings is 1. The number of rotatable bonds is 2. The summed E-state index contributed by atoms with van der Waals surface area (Å²) in [6, 6.07) is 7.91. The van der Waals surface area contributed by atoms with E-state index in [-0.39, 0.29) is 0 Å². The monoisotopic (exact) mass is 149 g/mol. The third-order valence-corrected chi connectivity index (χ3v) is 1.57. The Morgan fingerprint density at radius 3 is 3.00 bits per heavy atom. The molecule has 2 nitrogen and oxygen atoms in total. The minimum Gasteiger partial charge on any atom is -0.411 e. The second-order valence-electron chi connectivity index (χ2n) is 2.34. The molecule has 2 heteroatoms. The first kappa shape index (κ1) is 7.79. The van der Waals surface area contributed by atoms with Crippen LogP contribution in [0.1, 0.15) is 18.1 Å². The van der Waals surface area contributed by atoms with Crippen molar-refractivity contribution in [3.63, 3.8) is 0 Å². The molecule has 1 aromatic rings. The molecular formula is C9H11NO. The Hall–Kier alpha value is -1.31. The molecule has 11 heavy (non-hydrogen) atoms. The first-order valence-electron chi connectivity index (χ1n) is 3.63. The van der Waals surface area contributed by atoms with Crippen molar-refractivity contribution in [1.29, 1.82) is 0 Å². The average molecular weight is 149 g/mol. The van der Waals surface area contributed by atoms with Crippen molar-refractivity contribution >= 4 is 6.21 Å². The van der Waals surface area contributed by atoms with Crippen LogP contribution >= 0.6 is 0 Å². The molecule has 0 atom stereocenters. The van der Waals surface area contributed by atoms with Gasteiger partial charge in [-0.1, -0.05) is 36.3 Å². The van der Waals surface area contributed by atoms with Crippen molar-refractivity contribution in [2.75, 3.05) is 0 Å². The van der Waals surface area contributed by atoms with Gasteiger partial charge < -0.3 is 5.21 Å². The van der Waals surface area contributed by atoms with Crippen molar-refractivity contribution in [2.24, 2.45) is 5.16 Å². The van der Waals surface area contributed by atoms with Gasteiger partial charge in [0.1, 0.15) is 0 Å². The molecule has 0 fully saturated rings. The van der Waals surface area contributed by atoms with Gasteiger partial charge in [0.25, 0.3) is 0 Å². The lowest BCUT2D eigenvalue weighted by Crippen LogP contribution is -1.84. The Bertz CT molecular complexity index is 255. The predicted octanol–water partition coefficient (Wildman–Crippen LogP) is 2.06. The molecule has 0 saturated heterocycles. The Kier molecular flexibility index (Phi) is 2.66. The quantitative estimate of drug-likeness (QED) is 0.389. The molecule has 0 unspecified atom stereocenters. The summed E-state index contributed by atoms with van der Waals surface area (Å²) in [6.45, 7) is 2.09. The van der Waals surface area contributed by atoms with Crippen LogP contribution in [0.3, 0.4) is 0 Å². The van der Waals surface area contributed by atoms with Gasteiger partial charge in [-0.05, 0) is 17.5 Å². The molecule has 58 valence electrons. The van der Waals surface area contributed by atoms with Gasteiger partial charge in [-0.3, -0.25) is 0 Å². The van der Waals surface area contributed by atoms with E-state index in [0.29, 0.717) is 0 Å². The minimum absolute atomic E-state index is 0.937. The van der Waals surface area contributed by atoms with Crippen LogP contribution in [0.5, 0.6) is 0 Å². The van der Waals surface area contributed by atoms with Crippen molar-refractivity contribution in [2.45, 2.75) is 13.3 Å². The van der Waals surface area contributed by atoms with Crippen LogP contribution in [-0.4, -0.2) is 11.4 Å². The van der Waals surface area contributed by atoms with Crippen LogP contribution in [0, 0.1) is 0 Å². The molecule has 0 aromatic heterocycles. The van der Waals surface area contributed by atoms with Crippen molar-refractivity contribution < 1.29 is 5.21 Å². The number of nitrogens with zero attached hydrogens (tertiary/aromatic N) is 1. The maximum Gasteiger partial charge on any atom is 0.0733 e. The Balaban J connectivity index is 2.91. The molecule has 0 saturated carbocycles. The fourth-order valence-corrected chi connectivity index (χ4v) is 0.960. The van der Waals surface area contributed by atoms with Gasteiger partial charge in [0.05, 0.1) is 6.21 Å². The first-order valence-corrected chi connectivity index (χ1v) is 3.63. The highest BCUT2D eigenvalue weighted by Crippen LogP contribution is 2.03. The van der Waals surface area contributed by atoms with E-state index in [1.165, 1.54) is 11.8 Å². The molecule has 1 N–H and O–H groups in total. The standard InChI is InChI=1S/C9H11NO/c1-2-8-4-3-5-9(6-8)7-10-11/h3-7,11H,2H2,1H3/b10-7+. The van der Waals surface area contributed by atoms with E-state index < -0.39 is 0 Å². The Morgan fingerprint density at radius 1 is 1.55 bits per heavy atom. The number of hydrogen-bond acceptors (Lipinski definition) is 2. The lowest BCUT2D eigenvalue weighted by atomic mass is 10.1. The van der Waals surface area contributed by atoms with Crippen LogP contribution in [0.25, 0.3) is 0 Å². The van der Waals surface area contributed by atoms with Crippen LogP contribution in [0.2, 0.25) is 0 Å². The molecule has 0 spiro atoms. The van der Waals surface area contributed by atoms with Crippen molar-refractivity contribution in [3.05, 3.63) is 35.4 Å². The fourth-order valence-electron chi connectivity index (χ4n) is 0.960. The molecule has 0 radical (unpaired) electrons. The summed E-state index contributed by atoms with van der Waals surface area (Å²) in [4.78, 5) is 0. The predicted molar refractivity (Wildman–Crippen MR) is 45.2 cm³/mol. The summed E-state index contributed by atoms with van der Waals surface area (Å²) in [5.74, 6) is 0. The van der Waals surface area contributed by atoms with Gasteiger partial charge in [-0.15, -0.1) is 0 Å². The molecule has 0 bridgehead atoms. The lowest BCUT2D eigenvalue weighted by molar-refractivity contribution is 0.322. The van der Waals surface area contributed by atoms with E-state index in [1.807, 2.05) is 18.2 Å². The van der Waals surface area contributed by atoms with Gasteiger partial charge in [-0.2, -0.15) is 0 Å². The van der Waals surface area contributed by atoms with Crippen molar-refractivity contribution in [1.82, 2.24) is 0 Å². The third-order valence-electron chi connectivity index (χ3n) is 1.57. The first-order chi connectivity index (χ1) is 5.36. The van der Waals surface area contributed by atoms with E-state index >= 15 is 0 Å². The zero-order valence-corrected chi connectivity index (χ0v) is 6.49. The third kappa shape index (κ3) is 2.08. The maximum absolute atomic E-state index is 8.25. The van der Waals surface area contributed by atoms with Gasteiger partial charge in [0.15, 0.2) is 0 Å². The van der Waals surface area contributed by atoms with E-state index in [1.54, 1.807) is 0 Å². The summed E-state index contributed by atoms with van der Waals surface area (Å²) in [7, 11) is 0. The maximum atomic E-state index is 8.25. The summed E-state index contributed by atoms with van der Waals surface area (Å²) >= 11 is 0. The lowest BCUT2D eigenvalue weighted by Gasteiger charge is -1.95. The summed E-state index contributed by atoms with van der Waals surface area (Å²) in [5.41, 5.74) is 2.19. The number of hydrogen-bond donors (Lipinski definition) is 1. The summed E-state index contributed by atoms with van der Waals surface area (Å²) in [6.07, 6.45) is 2.44. The molecule has 0 aliphatic carbocycles. The summed E-state index contributed by atoms with van der Waals surface area (Å²) in [5, 5.41) is 11.2. The van der Waals surface area contributed by atoms with Gasteiger partial charge in [-0.25, -0.2) is 0 Å².